The van der Waals surface area contributed by atoms with Crippen LogP contribution in [0.15, 0.2) is 53.1 Å². The molecule has 0 atom stereocenters. The van der Waals surface area contributed by atoms with E-state index in [0.717, 1.165) is 11.3 Å². The van der Waals surface area contributed by atoms with E-state index in [-0.39, 0.29) is 11.6 Å². The Morgan fingerprint density at radius 2 is 1.75 bits per heavy atom. The standard InChI is InChI=1S/C20H21F2N3O3/c1-3-26-16-10-6-4-8-14(16)12-25(2)13-18-23-19(24-28-18)15-9-5-7-11-17(15)27-20(21)22/h4-11,20H,3,12-13H2,1-2H3. The summed E-state index contributed by atoms with van der Waals surface area (Å²) in [4.78, 5) is 6.31. The van der Waals surface area contributed by atoms with Gasteiger partial charge in [-0.15, -0.1) is 0 Å². The SMILES string of the molecule is CCOc1ccccc1CN(C)Cc1nc(-c2ccccc2OC(F)F)no1. The van der Waals surface area contributed by atoms with Gasteiger partial charge in [-0.3, -0.25) is 4.90 Å². The summed E-state index contributed by atoms with van der Waals surface area (Å²) in [6.07, 6.45) is 0. The van der Waals surface area contributed by atoms with E-state index in [1.54, 1.807) is 18.2 Å². The number of benzene rings is 2. The van der Waals surface area contributed by atoms with Crippen molar-refractivity contribution in [2.24, 2.45) is 0 Å². The second-order valence-electron chi connectivity index (χ2n) is 6.10. The van der Waals surface area contributed by atoms with Gasteiger partial charge < -0.3 is 14.0 Å². The van der Waals surface area contributed by atoms with E-state index in [0.29, 0.717) is 31.2 Å². The van der Waals surface area contributed by atoms with Crippen molar-refractivity contribution in [2.45, 2.75) is 26.6 Å². The molecular weight excluding hydrogens is 368 g/mol. The lowest BCUT2D eigenvalue weighted by Gasteiger charge is -2.16. The van der Waals surface area contributed by atoms with Crippen LogP contribution in [-0.2, 0) is 13.1 Å². The van der Waals surface area contributed by atoms with Gasteiger partial charge in [-0.25, -0.2) is 0 Å². The Balaban J connectivity index is 1.70. The van der Waals surface area contributed by atoms with E-state index in [9.17, 15) is 8.78 Å². The Bertz CT molecular complexity index is 902. The van der Waals surface area contributed by atoms with Crippen LogP contribution >= 0.6 is 0 Å². The Labute approximate surface area is 161 Å². The van der Waals surface area contributed by atoms with Crippen molar-refractivity contribution in [1.29, 1.82) is 0 Å². The number of hydrogen-bond acceptors (Lipinski definition) is 6. The van der Waals surface area contributed by atoms with Crippen LogP contribution in [-0.4, -0.2) is 35.3 Å². The minimum atomic E-state index is -2.93. The number of hydrogen-bond donors (Lipinski definition) is 0. The lowest BCUT2D eigenvalue weighted by atomic mass is 10.2. The average molecular weight is 389 g/mol. The van der Waals surface area contributed by atoms with Crippen molar-refractivity contribution in [1.82, 2.24) is 15.0 Å². The third-order valence-corrected chi connectivity index (χ3v) is 3.93. The Morgan fingerprint density at radius 1 is 1.04 bits per heavy atom. The van der Waals surface area contributed by atoms with Crippen LogP contribution in [0.4, 0.5) is 8.78 Å². The quantitative estimate of drug-likeness (QED) is 0.542. The molecule has 0 aliphatic carbocycles. The van der Waals surface area contributed by atoms with E-state index in [4.69, 9.17) is 9.26 Å². The van der Waals surface area contributed by atoms with E-state index in [1.165, 1.54) is 6.07 Å². The summed E-state index contributed by atoms with van der Waals surface area (Å²) in [5.74, 6) is 1.41. The molecule has 0 amide bonds. The molecule has 1 heterocycles. The molecule has 1 aromatic heterocycles. The molecule has 0 spiro atoms. The molecule has 2 aromatic carbocycles. The number of aromatic nitrogens is 2. The first-order chi connectivity index (χ1) is 13.6. The molecule has 3 aromatic rings. The summed E-state index contributed by atoms with van der Waals surface area (Å²) >= 11 is 0. The topological polar surface area (TPSA) is 60.6 Å². The fraction of sp³-hybridized carbons (Fsp3) is 0.300. The minimum Gasteiger partial charge on any atom is -0.494 e. The average Bonchev–Trinajstić information content (AvgIpc) is 3.11. The maximum absolute atomic E-state index is 12.6. The minimum absolute atomic E-state index is 0.00356. The van der Waals surface area contributed by atoms with Gasteiger partial charge in [0.05, 0.1) is 18.7 Å². The highest BCUT2D eigenvalue weighted by atomic mass is 19.3. The number of alkyl halides is 2. The van der Waals surface area contributed by atoms with E-state index in [1.807, 2.05) is 43.1 Å². The molecule has 0 fully saturated rings. The summed E-state index contributed by atoms with van der Waals surface area (Å²) in [6.45, 7) is 0.623. The smallest absolute Gasteiger partial charge is 0.387 e. The van der Waals surface area contributed by atoms with Gasteiger partial charge in [0.15, 0.2) is 0 Å². The highest BCUT2D eigenvalue weighted by Gasteiger charge is 2.17. The molecule has 6 nitrogen and oxygen atoms in total. The first-order valence-corrected chi connectivity index (χ1v) is 8.83. The van der Waals surface area contributed by atoms with Crippen molar-refractivity contribution in [3.63, 3.8) is 0 Å². The number of nitrogens with zero attached hydrogens (tertiary/aromatic N) is 3. The zero-order valence-electron chi connectivity index (χ0n) is 15.6. The monoisotopic (exact) mass is 389 g/mol. The molecule has 0 unspecified atom stereocenters. The highest BCUT2D eigenvalue weighted by Crippen LogP contribution is 2.29. The van der Waals surface area contributed by atoms with Gasteiger partial charge in [-0.2, -0.15) is 13.8 Å². The molecule has 0 N–H and O–H groups in total. The Hall–Kier alpha value is -3.00. The molecule has 0 bridgehead atoms. The van der Waals surface area contributed by atoms with Crippen LogP contribution < -0.4 is 9.47 Å². The van der Waals surface area contributed by atoms with Crippen molar-refractivity contribution >= 4 is 0 Å². The second-order valence-corrected chi connectivity index (χ2v) is 6.10. The van der Waals surface area contributed by atoms with Crippen LogP contribution in [0.2, 0.25) is 0 Å². The summed E-state index contributed by atoms with van der Waals surface area (Å²) in [7, 11) is 1.92. The number of para-hydroxylation sites is 2. The summed E-state index contributed by atoms with van der Waals surface area (Å²) in [6, 6.07) is 14.2. The van der Waals surface area contributed by atoms with Crippen molar-refractivity contribution < 1.29 is 22.8 Å². The molecule has 8 heteroatoms. The van der Waals surface area contributed by atoms with Crippen LogP contribution in [0.25, 0.3) is 11.4 Å². The van der Waals surface area contributed by atoms with E-state index in [2.05, 4.69) is 14.9 Å². The van der Waals surface area contributed by atoms with Gasteiger partial charge in [0.1, 0.15) is 11.5 Å². The first-order valence-electron chi connectivity index (χ1n) is 8.83. The van der Waals surface area contributed by atoms with Gasteiger partial charge in [-0.1, -0.05) is 35.5 Å². The highest BCUT2D eigenvalue weighted by molar-refractivity contribution is 5.63. The van der Waals surface area contributed by atoms with Crippen LogP contribution in [0.1, 0.15) is 18.4 Å². The largest absolute Gasteiger partial charge is 0.494 e. The molecular formula is C20H21F2N3O3. The Morgan fingerprint density at radius 3 is 2.50 bits per heavy atom. The molecule has 0 aliphatic rings. The fourth-order valence-electron chi connectivity index (χ4n) is 2.79. The van der Waals surface area contributed by atoms with Gasteiger partial charge in [0.25, 0.3) is 0 Å². The number of halogens is 2. The summed E-state index contributed by atoms with van der Waals surface area (Å²) in [5.41, 5.74) is 1.39. The zero-order chi connectivity index (χ0) is 19.9. The summed E-state index contributed by atoms with van der Waals surface area (Å²) in [5, 5.41) is 3.90. The van der Waals surface area contributed by atoms with Crippen LogP contribution in [0, 0.1) is 0 Å². The maximum Gasteiger partial charge on any atom is 0.387 e. The molecule has 0 saturated heterocycles. The van der Waals surface area contributed by atoms with Crippen LogP contribution in [0.3, 0.4) is 0 Å². The molecule has 28 heavy (non-hydrogen) atoms. The van der Waals surface area contributed by atoms with E-state index >= 15 is 0 Å². The lowest BCUT2D eigenvalue weighted by molar-refractivity contribution is -0.0494. The molecule has 148 valence electrons. The van der Waals surface area contributed by atoms with Crippen molar-refractivity contribution in [2.75, 3.05) is 13.7 Å². The Kier molecular flexibility index (Phi) is 6.54. The third-order valence-electron chi connectivity index (χ3n) is 3.93. The number of ether oxygens (including phenoxy) is 2. The normalized spacial score (nSPS) is 11.2. The van der Waals surface area contributed by atoms with Gasteiger partial charge in [-0.05, 0) is 32.2 Å². The molecule has 3 rings (SSSR count). The second kappa shape index (κ2) is 9.27. The predicted molar refractivity (Wildman–Crippen MR) is 99.1 cm³/mol. The molecule has 0 aliphatic heterocycles. The van der Waals surface area contributed by atoms with Crippen molar-refractivity contribution in [3.05, 3.63) is 60.0 Å². The van der Waals surface area contributed by atoms with Crippen LogP contribution in [0.5, 0.6) is 11.5 Å². The van der Waals surface area contributed by atoms with E-state index < -0.39 is 6.61 Å². The zero-order valence-corrected chi connectivity index (χ0v) is 15.6. The first kappa shape index (κ1) is 19.8. The van der Waals surface area contributed by atoms with Gasteiger partial charge in [0, 0.05) is 12.1 Å². The predicted octanol–water partition coefficient (Wildman–Crippen LogP) is 4.37. The maximum atomic E-state index is 12.6. The molecule has 0 saturated carbocycles. The van der Waals surface area contributed by atoms with Gasteiger partial charge in [0.2, 0.25) is 11.7 Å². The summed E-state index contributed by atoms with van der Waals surface area (Å²) < 4.78 is 40.6. The lowest BCUT2D eigenvalue weighted by Crippen LogP contribution is -2.18. The molecule has 0 radical (unpaired) electrons. The third kappa shape index (κ3) is 5.04. The fourth-order valence-corrected chi connectivity index (χ4v) is 2.79. The van der Waals surface area contributed by atoms with Crippen molar-refractivity contribution in [3.8, 4) is 22.9 Å². The number of rotatable bonds is 9. The van der Waals surface area contributed by atoms with Gasteiger partial charge >= 0.3 is 6.61 Å².